The quantitative estimate of drug-likeness (QED) is 0.388. The minimum atomic E-state index is 0.434. The Morgan fingerprint density at radius 2 is 1.25 bits per heavy atom. The van der Waals surface area contributed by atoms with Crippen molar-refractivity contribution in [3.8, 4) is 6.19 Å². The first kappa shape index (κ1) is 15.6. The van der Waals surface area contributed by atoms with E-state index in [9.17, 15) is 0 Å². The second kappa shape index (κ2) is 6.20. The van der Waals surface area contributed by atoms with Crippen molar-refractivity contribution in [2.45, 2.75) is 13.8 Å². The zero-order chi connectivity index (χ0) is 16.7. The summed E-state index contributed by atoms with van der Waals surface area (Å²) in [6, 6.07) is 16.8. The van der Waals surface area contributed by atoms with Crippen molar-refractivity contribution in [2.24, 2.45) is 4.99 Å². The number of fused-ring (bicyclic) bond motifs is 2. The van der Waals surface area contributed by atoms with Crippen LogP contribution in [0.15, 0.2) is 65.8 Å². The Kier molecular flexibility index (Phi) is 4.04. The number of benzene rings is 2. The van der Waals surface area contributed by atoms with Gasteiger partial charge in [-0.2, -0.15) is 0 Å². The second-order valence-electron chi connectivity index (χ2n) is 5.63. The van der Waals surface area contributed by atoms with Crippen LogP contribution < -0.4 is 0 Å². The number of allylic oxidation sites excluding steroid dienone is 2. The van der Waals surface area contributed by atoms with E-state index in [-0.39, 0.29) is 0 Å². The van der Waals surface area contributed by atoms with E-state index in [0.717, 1.165) is 16.8 Å². The number of nitriles is 1. The molecule has 0 aromatic heterocycles. The topological polar surface area (TPSA) is 36.1 Å². The van der Waals surface area contributed by atoms with Gasteiger partial charge in [-0.1, -0.05) is 0 Å². The molecule has 1 aliphatic carbocycles. The Morgan fingerprint density at radius 3 is 1.71 bits per heavy atom. The molecule has 4 rings (SSSR count). The molecule has 1 heterocycles. The number of hydrogen-bond acceptors (Lipinski definition) is 2. The summed E-state index contributed by atoms with van der Waals surface area (Å²) in [6.07, 6.45) is 1.99. The average molecular weight is 440 g/mol. The van der Waals surface area contributed by atoms with Gasteiger partial charge >= 0.3 is 155 Å². The summed E-state index contributed by atoms with van der Waals surface area (Å²) in [5, 5.41) is 9.17. The van der Waals surface area contributed by atoms with Crippen LogP contribution in [0.1, 0.15) is 36.1 Å². The van der Waals surface area contributed by atoms with Crippen LogP contribution in [0.5, 0.6) is 0 Å². The number of nitrogens with zero attached hydrogens (tertiary/aromatic N) is 2. The molecular weight excluding hydrogens is 426 g/mol. The zero-order valence-corrected chi connectivity index (χ0v) is 16.8. The van der Waals surface area contributed by atoms with Crippen molar-refractivity contribution in [3.63, 3.8) is 0 Å². The Labute approximate surface area is 154 Å². The van der Waals surface area contributed by atoms with Gasteiger partial charge in [0.2, 0.25) is 0 Å². The van der Waals surface area contributed by atoms with Crippen LogP contribution in [0.2, 0.25) is 0 Å². The molecule has 0 spiro atoms. The van der Waals surface area contributed by atoms with Crippen molar-refractivity contribution in [2.75, 3.05) is 0 Å². The number of rotatable bonds is 0. The van der Waals surface area contributed by atoms with Gasteiger partial charge in [0.25, 0.3) is 0 Å². The maximum absolute atomic E-state index is 9.17. The molecule has 4 heteroatoms. The Morgan fingerprint density at radius 1 is 0.792 bits per heavy atom. The summed E-state index contributed by atoms with van der Waals surface area (Å²) in [7, 11) is 0. The van der Waals surface area contributed by atoms with E-state index >= 15 is 0 Å². The molecule has 2 nitrogen and oxygen atoms in total. The van der Waals surface area contributed by atoms with Crippen molar-refractivity contribution >= 4 is 41.2 Å². The van der Waals surface area contributed by atoms with Gasteiger partial charge in [-0.05, 0) is 0 Å². The molecule has 0 atom stereocenters. The zero-order valence-electron chi connectivity index (χ0n) is 13.3. The molecule has 0 amide bonds. The van der Waals surface area contributed by atoms with Gasteiger partial charge in [0.15, 0.2) is 0 Å². The van der Waals surface area contributed by atoms with Gasteiger partial charge in [-0.15, -0.1) is 0 Å². The fourth-order valence-corrected chi connectivity index (χ4v) is 10.3. The molecule has 0 N–H and O–H groups in total. The van der Waals surface area contributed by atoms with E-state index in [2.05, 4.69) is 55.2 Å². The molecule has 0 fully saturated rings. The molecular formula is C20H14N2Se2. The standard InChI is InChI=1S/C20H14N2Se2/c1-12-13(2)24-20(23-12)18-14-7-3-5-9-16(14)19(22-11-21)17-10-6-4-8-15(17)18/h3-10H,1-2H3. The van der Waals surface area contributed by atoms with Crippen molar-refractivity contribution < 1.29 is 0 Å². The minimum absolute atomic E-state index is 0.434. The average Bonchev–Trinajstić information content (AvgIpc) is 2.93. The first-order valence-electron chi connectivity index (χ1n) is 7.64. The molecule has 1 aliphatic heterocycles. The van der Waals surface area contributed by atoms with Crippen LogP contribution in [0.4, 0.5) is 0 Å². The molecule has 2 aromatic carbocycles. The molecule has 24 heavy (non-hydrogen) atoms. The summed E-state index contributed by atoms with van der Waals surface area (Å²) in [5.41, 5.74) is 6.79. The summed E-state index contributed by atoms with van der Waals surface area (Å²) < 4.78 is 4.73. The predicted octanol–water partition coefficient (Wildman–Crippen LogP) is 3.71. The van der Waals surface area contributed by atoms with Crippen LogP contribution in [0, 0.1) is 11.5 Å². The normalized spacial score (nSPS) is 16.0. The molecule has 2 aromatic rings. The van der Waals surface area contributed by atoms with E-state index in [1.54, 1.807) is 12.3 Å². The predicted molar refractivity (Wildman–Crippen MR) is 100 cm³/mol. The van der Waals surface area contributed by atoms with Crippen LogP contribution in [-0.2, 0) is 0 Å². The fourth-order valence-electron chi connectivity index (χ4n) is 3.04. The van der Waals surface area contributed by atoms with Crippen molar-refractivity contribution in [1.29, 1.82) is 5.26 Å². The third-order valence-corrected chi connectivity index (χ3v) is 10.9. The third kappa shape index (κ3) is 2.42. The number of aliphatic imine (C=N–C) groups is 1. The van der Waals surface area contributed by atoms with Gasteiger partial charge < -0.3 is 0 Å². The fraction of sp³-hybridized carbons (Fsp3) is 0.100. The van der Waals surface area contributed by atoms with Crippen molar-refractivity contribution in [3.05, 3.63) is 83.1 Å². The van der Waals surface area contributed by atoms with Gasteiger partial charge in [0.1, 0.15) is 0 Å². The van der Waals surface area contributed by atoms with E-state index in [1.165, 1.54) is 16.7 Å². The summed E-state index contributed by atoms with van der Waals surface area (Å²) in [4.78, 5) is 4.16. The molecule has 0 unspecified atom stereocenters. The van der Waals surface area contributed by atoms with Gasteiger partial charge in [-0.3, -0.25) is 0 Å². The second-order valence-corrected chi connectivity index (χ2v) is 12.1. The van der Waals surface area contributed by atoms with Crippen molar-refractivity contribution in [1.82, 2.24) is 0 Å². The monoisotopic (exact) mass is 442 g/mol. The summed E-state index contributed by atoms with van der Waals surface area (Å²) >= 11 is 0.868. The van der Waals surface area contributed by atoms with Crippen LogP contribution in [-0.4, -0.2) is 35.6 Å². The SMILES string of the molecule is CC1=C(C)[Se]C(=C2c3ccccc3C(=NC#N)c3ccccc32)[Se]1. The Hall–Kier alpha value is -1.88. The van der Waals surface area contributed by atoms with E-state index < -0.39 is 0 Å². The Balaban J connectivity index is 2.05. The molecule has 0 radical (unpaired) electrons. The Bertz CT molecular complexity index is 923. The number of hydrogen-bond donors (Lipinski definition) is 0. The van der Waals surface area contributed by atoms with Crippen LogP contribution >= 0.6 is 0 Å². The van der Waals surface area contributed by atoms with Crippen LogP contribution in [0.3, 0.4) is 0 Å². The van der Waals surface area contributed by atoms with Crippen LogP contribution in [0.25, 0.3) is 5.57 Å². The van der Waals surface area contributed by atoms with E-state index in [1.807, 2.05) is 18.3 Å². The third-order valence-electron chi connectivity index (χ3n) is 4.26. The van der Waals surface area contributed by atoms with E-state index in [0.29, 0.717) is 29.9 Å². The molecule has 2 aliphatic rings. The van der Waals surface area contributed by atoms with Gasteiger partial charge in [0.05, 0.1) is 0 Å². The molecule has 0 saturated carbocycles. The van der Waals surface area contributed by atoms with Gasteiger partial charge in [0, 0.05) is 0 Å². The molecule has 0 bridgehead atoms. The molecule has 116 valence electrons. The summed E-state index contributed by atoms with van der Waals surface area (Å²) in [6.45, 7) is 4.54. The maximum atomic E-state index is 9.17. The first-order chi connectivity index (χ1) is 11.7. The van der Waals surface area contributed by atoms with E-state index in [4.69, 9.17) is 5.26 Å². The first-order valence-corrected chi connectivity index (χ1v) is 11.1. The van der Waals surface area contributed by atoms with Gasteiger partial charge in [-0.25, -0.2) is 0 Å². The summed E-state index contributed by atoms with van der Waals surface area (Å²) in [5.74, 6) is 0. The molecule has 0 saturated heterocycles.